The minimum Gasteiger partial charge on any atom is -0.338 e. The number of pyridine rings is 1. The number of fused-ring (bicyclic) bond motifs is 1. The molecular formula is C16H21N3O. The number of hydrogen-bond donors (Lipinski definition) is 0. The van der Waals surface area contributed by atoms with Crippen molar-refractivity contribution in [1.82, 2.24) is 14.5 Å². The number of likely N-dealkylation sites (tertiary alicyclic amines) is 1. The molecule has 4 heteroatoms. The number of aryl methyl sites for hydroxylation is 1. The first-order valence-corrected chi connectivity index (χ1v) is 7.35. The Morgan fingerprint density at radius 1 is 1.40 bits per heavy atom. The van der Waals surface area contributed by atoms with Crippen molar-refractivity contribution in [3.05, 3.63) is 30.1 Å². The predicted octanol–water partition coefficient (Wildman–Crippen LogP) is 2.72. The largest absolute Gasteiger partial charge is 0.338 e. The molecule has 20 heavy (non-hydrogen) atoms. The highest BCUT2D eigenvalue weighted by Gasteiger charge is 2.29. The quantitative estimate of drug-likeness (QED) is 0.857. The molecule has 0 spiro atoms. The van der Waals surface area contributed by atoms with Crippen LogP contribution in [0.3, 0.4) is 0 Å². The molecule has 2 aromatic rings. The Morgan fingerprint density at radius 3 is 3.05 bits per heavy atom. The van der Waals surface area contributed by atoms with Gasteiger partial charge in [-0.2, -0.15) is 0 Å². The van der Waals surface area contributed by atoms with Gasteiger partial charge in [0, 0.05) is 44.3 Å². The van der Waals surface area contributed by atoms with Gasteiger partial charge in [0.05, 0.1) is 0 Å². The molecule has 0 bridgehead atoms. The lowest BCUT2D eigenvalue weighted by molar-refractivity contribution is -0.128. The molecule has 1 aliphatic heterocycles. The summed E-state index contributed by atoms with van der Waals surface area (Å²) in [6.45, 7) is 3.80. The number of hydrogen-bond acceptors (Lipinski definition) is 2. The summed E-state index contributed by atoms with van der Waals surface area (Å²) < 4.78 is 2.02. The molecule has 1 atom stereocenters. The monoisotopic (exact) mass is 271 g/mol. The molecule has 1 saturated heterocycles. The molecule has 3 rings (SSSR count). The molecule has 0 aliphatic carbocycles. The van der Waals surface area contributed by atoms with Gasteiger partial charge in [-0.1, -0.05) is 13.3 Å². The fraction of sp³-hybridized carbons (Fsp3) is 0.500. The summed E-state index contributed by atoms with van der Waals surface area (Å²) in [5.74, 6) is 0.838. The predicted molar refractivity (Wildman–Crippen MR) is 79.1 cm³/mol. The maximum Gasteiger partial charge on any atom is 0.223 e. The van der Waals surface area contributed by atoms with E-state index in [4.69, 9.17) is 0 Å². The molecule has 1 fully saturated rings. The van der Waals surface area contributed by atoms with E-state index in [-0.39, 0.29) is 0 Å². The van der Waals surface area contributed by atoms with Gasteiger partial charge < -0.3 is 9.47 Å². The molecule has 0 radical (unpaired) electrons. The lowest BCUT2D eigenvalue weighted by Crippen LogP contribution is -2.24. The van der Waals surface area contributed by atoms with Gasteiger partial charge in [0.25, 0.3) is 0 Å². The van der Waals surface area contributed by atoms with Crippen molar-refractivity contribution < 1.29 is 4.79 Å². The van der Waals surface area contributed by atoms with E-state index in [0.29, 0.717) is 18.4 Å². The molecule has 0 saturated carbocycles. The van der Waals surface area contributed by atoms with Gasteiger partial charge in [0.2, 0.25) is 5.91 Å². The van der Waals surface area contributed by atoms with E-state index in [9.17, 15) is 4.79 Å². The Labute approximate surface area is 119 Å². The molecule has 0 aromatic carbocycles. The van der Waals surface area contributed by atoms with Gasteiger partial charge >= 0.3 is 0 Å². The van der Waals surface area contributed by atoms with Crippen molar-refractivity contribution in [3.63, 3.8) is 0 Å². The van der Waals surface area contributed by atoms with Gasteiger partial charge in [-0.15, -0.1) is 0 Å². The van der Waals surface area contributed by atoms with Crippen molar-refractivity contribution in [1.29, 1.82) is 0 Å². The summed E-state index contributed by atoms with van der Waals surface area (Å²) >= 11 is 0. The van der Waals surface area contributed by atoms with Crippen LogP contribution in [0.2, 0.25) is 0 Å². The minimum atomic E-state index is 0.296. The number of carbonyl (C=O) groups is 1. The van der Waals surface area contributed by atoms with Gasteiger partial charge in [-0.3, -0.25) is 4.79 Å². The zero-order chi connectivity index (χ0) is 14.1. The molecule has 3 heterocycles. The topological polar surface area (TPSA) is 38.1 Å². The van der Waals surface area contributed by atoms with Crippen LogP contribution >= 0.6 is 0 Å². The van der Waals surface area contributed by atoms with E-state index < -0.39 is 0 Å². The molecule has 2 aromatic heterocycles. The van der Waals surface area contributed by atoms with E-state index in [0.717, 1.165) is 36.8 Å². The summed E-state index contributed by atoms with van der Waals surface area (Å²) in [5.41, 5.74) is 2.18. The second-order valence-electron chi connectivity index (χ2n) is 5.77. The molecule has 0 N–H and O–H groups in total. The van der Waals surface area contributed by atoms with E-state index in [2.05, 4.69) is 18.0 Å². The summed E-state index contributed by atoms with van der Waals surface area (Å²) in [6.07, 6.45) is 6.88. The third-order valence-corrected chi connectivity index (χ3v) is 4.21. The molecule has 1 aliphatic rings. The fourth-order valence-electron chi connectivity index (χ4n) is 3.17. The minimum absolute atomic E-state index is 0.296. The SMILES string of the molecule is CCCC1CC(=O)N(Cc2ccnc3c2ccn3C)C1. The first kappa shape index (κ1) is 13.2. The average molecular weight is 271 g/mol. The zero-order valence-electron chi connectivity index (χ0n) is 12.2. The Kier molecular flexibility index (Phi) is 3.47. The van der Waals surface area contributed by atoms with Crippen LogP contribution in [-0.4, -0.2) is 26.9 Å². The Bertz CT molecular complexity index is 632. The molecule has 4 nitrogen and oxygen atoms in total. The molecular weight excluding hydrogens is 250 g/mol. The molecule has 1 amide bonds. The lowest BCUT2D eigenvalue weighted by Gasteiger charge is -2.17. The molecule has 106 valence electrons. The van der Waals surface area contributed by atoms with E-state index in [1.165, 1.54) is 5.56 Å². The summed E-state index contributed by atoms with van der Waals surface area (Å²) in [5, 5.41) is 1.15. The number of amides is 1. The first-order valence-electron chi connectivity index (χ1n) is 7.35. The lowest BCUT2D eigenvalue weighted by atomic mass is 10.0. The van der Waals surface area contributed by atoms with Crippen LogP contribution in [0.4, 0.5) is 0 Å². The number of aromatic nitrogens is 2. The summed E-state index contributed by atoms with van der Waals surface area (Å²) in [6, 6.07) is 4.12. The summed E-state index contributed by atoms with van der Waals surface area (Å²) in [4.78, 5) is 18.5. The molecule has 1 unspecified atom stereocenters. The number of rotatable bonds is 4. The summed E-state index contributed by atoms with van der Waals surface area (Å²) in [7, 11) is 2.00. The average Bonchev–Trinajstić information content (AvgIpc) is 2.96. The zero-order valence-corrected chi connectivity index (χ0v) is 12.2. The van der Waals surface area contributed by atoms with Crippen molar-refractivity contribution in [3.8, 4) is 0 Å². The third kappa shape index (κ3) is 2.30. The maximum absolute atomic E-state index is 12.1. The van der Waals surface area contributed by atoms with Gasteiger partial charge in [-0.05, 0) is 30.0 Å². The van der Waals surface area contributed by atoms with E-state index in [1.54, 1.807) is 0 Å². The van der Waals surface area contributed by atoms with Crippen LogP contribution in [0.5, 0.6) is 0 Å². The van der Waals surface area contributed by atoms with Crippen LogP contribution in [0.15, 0.2) is 24.5 Å². The van der Waals surface area contributed by atoms with Crippen LogP contribution in [0, 0.1) is 5.92 Å². The van der Waals surface area contributed by atoms with Crippen LogP contribution in [0.1, 0.15) is 31.7 Å². The van der Waals surface area contributed by atoms with Crippen molar-refractivity contribution in [2.75, 3.05) is 6.54 Å². The third-order valence-electron chi connectivity index (χ3n) is 4.21. The number of carbonyl (C=O) groups excluding carboxylic acids is 1. The maximum atomic E-state index is 12.1. The normalized spacial score (nSPS) is 19.2. The second-order valence-corrected chi connectivity index (χ2v) is 5.77. The Balaban J connectivity index is 1.81. The van der Waals surface area contributed by atoms with Gasteiger partial charge in [0.1, 0.15) is 5.65 Å². The Hall–Kier alpha value is -1.84. The standard InChI is InChI=1S/C16H21N3O/c1-3-4-12-9-15(20)19(10-12)11-13-5-7-17-16-14(13)6-8-18(16)2/h5-8,12H,3-4,9-11H2,1-2H3. The highest BCUT2D eigenvalue weighted by Crippen LogP contribution is 2.26. The Morgan fingerprint density at radius 2 is 2.25 bits per heavy atom. The highest BCUT2D eigenvalue weighted by molar-refractivity contribution is 5.82. The number of nitrogens with zero attached hydrogens (tertiary/aromatic N) is 3. The van der Waals surface area contributed by atoms with Crippen molar-refractivity contribution in [2.45, 2.75) is 32.7 Å². The highest BCUT2D eigenvalue weighted by atomic mass is 16.2. The van der Waals surface area contributed by atoms with Crippen LogP contribution in [-0.2, 0) is 18.4 Å². The van der Waals surface area contributed by atoms with Crippen molar-refractivity contribution in [2.24, 2.45) is 13.0 Å². The van der Waals surface area contributed by atoms with Gasteiger partial charge in [0.15, 0.2) is 0 Å². The fourth-order valence-corrected chi connectivity index (χ4v) is 3.17. The first-order chi connectivity index (χ1) is 9.69. The van der Waals surface area contributed by atoms with E-state index >= 15 is 0 Å². The van der Waals surface area contributed by atoms with Gasteiger partial charge in [-0.25, -0.2) is 4.98 Å². The van der Waals surface area contributed by atoms with Crippen LogP contribution in [0.25, 0.3) is 11.0 Å². The smallest absolute Gasteiger partial charge is 0.223 e. The second kappa shape index (κ2) is 5.27. The van der Waals surface area contributed by atoms with E-state index in [1.807, 2.05) is 35.0 Å². The van der Waals surface area contributed by atoms with Crippen molar-refractivity contribution >= 4 is 16.9 Å². The van der Waals surface area contributed by atoms with Crippen LogP contribution < -0.4 is 0 Å².